The monoisotopic (exact) mass is 278 g/mol. The summed E-state index contributed by atoms with van der Waals surface area (Å²) < 4.78 is 10.1. The summed E-state index contributed by atoms with van der Waals surface area (Å²) in [5.74, 6) is 1.08. The van der Waals surface area contributed by atoms with E-state index in [4.69, 9.17) is 9.84 Å². The molecule has 1 aromatic rings. The van der Waals surface area contributed by atoms with Gasteiger partial charge >= 0.3 is 5.97 Å². The van der Waals surface area contributed by atoms with Crippen molar-refractivity contribution in [2.45, 2.75) is 32.1 Å². The maximum atomic E-state index is 11.2. The summed E-state index contributed by atoms with van der Waals surface area (Å²) >= 11 is 0. The first-order chi connectivity index (χ1) is 9.74. The van der Waals surface area contributed by atoms with Crippen LogP contribution < -0.4 is 4.74 Å². The number of esters is 1. The third-order valence-corrected chi connectivity index (χ3v) is 3.88. The molecule has 0 spiro atoms. The van der Waals surface area contributed by atoms with Crippen LogP contribution in [0.25, 0.3) is 0 Å². The topological polar surface area (TPSA) is 55.8 Å². The quantitative estimate of drug-likeness (QED) is 0.810. The molecule has 1 aromatic carbocycles. The van der Waals surface area contributed by atoms with Gasteiger partial charge in [-0.1, -0.05) is 12.1 Å². The lowest BCUT2D eigenvalue weighted by molar-refractivity contribution is -0.142. The van der Waals surface area contributed by atoms with Crippen molar-refractivity contribution >= 4 is 5.97 Å². The van der Waals surface area contributed by atoms with Gasteiger partial charge in [-0.15, -0.1) is 0 Å². The number of carbonyl (C=O) groups excluding carboxylic acids is 1. The van der Waals surface area contributed by atoms with E-state index in [0.717, 1.165) is 37.9 Å². The van der Waals surface area contributed by atoms with E-state index < -0.39 is 0 Å². The average Bonchev–Trinajstić information content (AvgIpc) is 2.50. The van der Waals surface area contributed by atoms with Crippen LogP contribution in [0.5, 0.6) is 5.75 Å². The van der Waals surface area contributed by atoms with Crippen LogP contribution in [0.1, 0.15) is 30.4 Å². The van der Waals surface area contributed by atoms with Gasteiger partial charge in [0, 0.05) is 6.61 Å². The van der Waals surface area contributed by atoms with Crippen molar-refractivity contribution < 1.29 is 19.4 Å². The Bertz CT molecular complexity index is 456. The number of hydrogen-bond acceptors (Lipinski definition) is 4. The van der Waals surface area contributed by atoms with Crippen molar-refractivity contribution in [1.82, 2.24) is 0 Å². The Morgan fingerprint density at radius 1 is 1.45 bits per heavy atom. The third kappa shape index (κ3) is 3.73. The summed E-state index contributed by atoms with van der Waals surface area (Å²) in [7, 11) is 1.36. The molecule has 4 heteroatoms. The number of carbonyl (C=O) groups is 1. The lowest BCUT2D eigenvalue weighted by atomic mass is 9.81. The molecule has 1 N–H and O–H groups in total. The van der Waals surface area contributed by atoms with Crippen molar-refractivity contribution in [2.24, 2.45) is 5.92 Å². The minimum absolute atomic E-state index is 0.0408. The number of rotatable bonds is 6. The molecule has 0 bridgehead atoms. The third-order valence-electron chi connectivity index (χ3n) is 3.88. The van der Waals surface area contributed by atoms with Crippen molar-refractivity contribution in [3.63, 3.8) is 0 Å². The van der Waals surface area contributed by atoms with Crippen LogP contribution in [0.3, 0.4) is 0 Å². The van der Waals surface area contributed by atoms with E-state index in [0.29, 0.717) is 5.92 Å². The number of hydrogen-bond donors (Lipinski definition) is 1. The van der Waals surface area contributed by atoms with E-state index in [9.17, 15) is 4.79 Å². The minimum atomic E-state index is -0.362. The molecule has 1 aliphatic carbocycles. The van der Waals surface area contributed by atoms with Crippen LogP contribution in [-0.2, 0) is 22.4 Å². The molecule has 1 unspecified atom stereocenters. The summed E-state index contributed by atoms with van der Waals surface area (Å²) in [6, 6.07) is 6.02. The summed E-state index contributed by atoms with van der Waals surface area (Å²) in [6.07, 6.45) is 5.07. The molecule has 0 aliphatic heterocycles. The Hall–Kier alpha value is -1.55. The molecule has 0 fully saturated rings. The SMILES string of the molecule is COC(=O)COc1cccc2c1CCC(CCCO)C2. The van der Waals surface area contributed by atoms with Crippen LogP contribution in [0.4, 0.5) is 0 Å². The normalized spacial score (nSPS) is 17.4. The summed E-state index contributed by atoms with van der Waals surface area (Å²) in [5.41, 5.74) is 2.53. The molecule has 20 heavy (non-hydrogen) atoms. The van der Waals surface area contributed by atoms with Gasteiger partial charge in [0.15, 0.2) is 6.61 Å². The van der Waals surface area contributed by atoms with E-state index >= 15 is 0 Å². The van der Waals surface area contributed by atoms with Gasteiger partial charge in [-0.25, -0.2) is 4.79 Å². The highest BCUT2D eigenvalue weighted by atomic mass is 16.6. The fourth-order valence-electron chi connectivity index (χ4n) is 2.80. The standard InChI is InChI=1S/C16H22O4/c1-19-16(18)11-20-15-6-2-5-13-10-12(4-3-9-17)7-8-14(13)15/h2,5-6,12,17H,3-4,7-11H2,1H3. The average molecular weight is 278 g/mol. The largest absolute Gasteiger partial charge is 0.482 e. The van der Waals surface area contributed by atoms with Gasteiger partial charge in [0.05, 0.1) is 7.11 Å². The summed E-state index contributed by atoms with van der Waals surface area (Å²) in [4.78, 5) is 11.2. The zero-order valence-electron chi connectivity index (χ0n) is 11.9. The smallest absolute Gasteiger partial charge is 0.343 e. The van der Waals surface area contributed by atoms with Gasteiger partial charge in [-0.2, -0.15) is 0 Å². The lowest BCUT2D eigenvalue weighted by Gasteiger charge is -2.26. The molecule has 1 aliphatic rings. The predicted octanol–water partition coefficient (Wildman–Crippen LogP) is 2.12. The van der Waals surface area contributed by atoms with Gasteiger partial charge in [0.1, 0.15) is 5.75 Å². The van der Waals surface area contributed by atoms with Gasteiger partial charge in [0.2, 0.25) is 0 Å². The first-order valence-electron chi connectivity index (χ1n) is 7.15. The Morgan fingerprint density at radius 2 is 2.30 bits per heavy atom. The number of fused-ring (bicyclic) bond motifs is 1. The van der Waals surface area contributed by atoms with E-state index in [1.807, 2.05) is 12.1 Å². The van der Waals surface area contributed by atoms with Gasteiger partial charge in [0.25, 0.3) is 0 Å². The molecule has 0 radical (unpaired) electrons. The first-order valence-corrected chi connectivity index (χ1v) is 7.15. The Morgan fingerprint density at radius 3 is 3.05 bits per heavy atom. The number of methoxy groups -OCH3 is 1. The molecule has 0 amide bonds. The van der Waals surface area contributed by atoms with E-state index in [1.165, 1.54) is 18.2 Å². The minimum Gasteiger partial charge on any atom is -0.482 e. The van der Waals surface area contributed by atoms with Crippen LogP contribution in [-0.4, -0.2) is 31.4 Å². The van der Waals surface area contributed by atoms with Crippen molar-refractivity contribution in [3.05, 3.63) is 29.3 Å². The second-order valence-corrected chi connectivity index (χ2v) is 5.23. The molecule has 4 nitrogen and oxygen atoms in total. The molecule has 0 aromatic heterocycles. The zero-order valence-corrected chi connectivity index (χ0v) is 11.9. The number of aliphatic hydroxyl groups excluding tert-OH is 1. The molecule has 1 atom stereocenters. The Labute approximate surface area is 119 Å². The van der Waals surface area contributed by atoms with Crippen LogP contribution >= 0.6 is 0 Å². The molecular formula is C16H22O4. The van der Waals surface area contributed by atoms with E-state index in [2.05, 4.69) is 10.8 Å². The first kappa shape index (κ1) is 14.9. The molecule has 2 rings (SSSR count). The summed E-state index contributed by atoms with van der Waals surface area (Å²) in [5, 5.41) is 8.92. The fraction of sp³-hybridized carbons (Fsp3) is 0.562. The van der Waals surface area contributed by atoms with Crippen molar-refractivity contribution in [2.75, 3.05) is 20.3 Å². The van der Waals surface area contributed by atoms with Gasteiger partial charge in [-0.05, 0) is 55.2 Å². The molecular weight excluding hydrogens is 256 g/mol. The van der Waals surface area contributed by atoms with E-state index in [-0.39, 0.29) is 19.2 Å². The predicted molar refractivity (Wildman–Crippen MR) is 75.8 cm³/mol. The molecule has 0 saturated heterocycles. The van der Waals surface area contributed by atoms with Gasteiger partial charge < -0.3 is 14.6 Å². The van der Waals surface area contributed by atoms with Crippen LogP contribution in [0.15, 0.2) is 18.2 Å². The Kier molecular flexibility index (Phi) is 5.41. The molecule has 0 saturated carbocycles. The van der Waals surface area contributed by atoms with Crippen LogP contribution in [0.2, 0.25) is 0 Å². The number of benzene rings is 1. The number of aliphatic hydroxyl groups is 1. The molecule has 110 valence electrons. The molecule has 0 heterocycles. The van der Waals surface area contributed by atoms with Crippen LogP contribution in [0, 0.1) is 5.92 Å². The highest BCUT2D eigenvalue weighted by molar-refractivity contribution is 5.71. The fourth-order valence-corrected chi connectivity index (χ4v) is 2.80. The zero-order chi connectivity index (χ0) is 14.4. The highest BCUT2D eigenvalue weighted by Crippen LogP contribution is 2.33. The Balaban J connectivity index is 2.02. The van der Waals surface area contributed by atoms with Gasteiger partial charge in [-0.3, -0.25) is 0 Å². The maximum absolute atomic E-state index is 11.2. The highest BCUT2D eigenvalue weighted by Gasteiger charge is 2.21. The van der Waals surface area contributed by atoms with E-state index in [1.54, 1.807) is 0 Å². The van der Waals surface area contributed by atoms with Crippen molar-refractivity contribution in [3.8, 4) is 5.75 Å². The second-order valence-electron chi connectivity index (χ2n) is 5.23. The second kappa shape index (κ2) is 7.29. The maximum Gasteiger partial charge on any atom is 0.343 e. The lowest BCUT2D eigenvalue weighted by Crippen LogP contribution is -2.18. The number of ether oxygens (including phenoxy) is 2. The summed E-state index contributed by atoms with van der Waals surface area (Å²) in [6.45, 7) is 0.229. The van der Waals surface area contributed by atoms with Crippen molar-refractivity contribution in [1.29, 1.82) is 0 Å².